The van der Waals surface area contributed by atoms with Crippen molar-refractivity contribution in [2.45, 2.75) is 119 Å². The van der Waals surface area contributed by atoms with Gasteiger partial charge in [0.1, 0.15) is 6.10 Å². The molecule has 1 aromatic carbocycles. The molecule has 45 heavy (non-hydrogen) atoms. The molecule has 8 atom stereocenters. The molecule has 0 bridgehead atoms. The molecule has 4 fully saturated rings. The summed E-state index contributed by atoms with van der Waals surface area (Å²) in [5.41, 5.74) is 1.59. The van der Waals surface area contributed by atoms with E-state index in [0.717, 1.165) is 64.2 Å². The summed E-state index contributed by atoms with van der Waals surface area (Å²) in [6, 6.07) is 4.46. The summed E-state index contributed by atoms with van der Waals surface area (Å²) >= 11 is 0. The van der Waals surface area contributed by atoms with Crippen molar-refractivity contribution >= 4 is 18.0 Å². The van der Waals surface area contributed by atoms with E-state index in [9.17, 15) is 24.9 Å². The molecule has 0 radical (unpaired) electrons. The number of aromatic hydroxyl groups is 2. The number of ether oxygens (including phenoxy) is 1. The molecule has 5 aliphatic carbocycles. The van der Waals surface area contributed by atoms with Crippen molar-refractivity contribution in [3.63, 3.8) is 0 Å². The topological polar surface area (TPSA) is 104 Å². The molecule has 0 heterocycles. The van der Waals surface area contributed by atoms with Crippen molar-refractivity contribution in [2.75, 3.05) is 0 Å². The second kappa shape index (κ2) is 10.4. The van der Waals surface area contributed by atoms with Gasteiger partial charge in [-0.25, -0.2) is 4.79 Å². The highest BCUT2D eigenvalue weighted by Gasteiger charge is 2.69. The largest absolute Gasteiger partial charge is 0.504 e. The number of benzene rings is 1. The van der Waals surface area contributed by atoms with Gasteiger partial charge >= 0.3 is 11.9 Å². The van der Waals surface area contributed by atoms with E-state index in [4.69, 9.17) is 4.74 Å². The Morgan fingerprint density at radius 3 is 2.27 bits per heavy atom. The summed E-state index contributed by atoms with van der Waals surface area (Å²) in [5, 5.41) is 30.0. The molecule has 0 spiro atoms. The number of carboxylic acids is 1. The van der Waals surface area contributed by atoms with Gasteiger partial charge in [-0.2, -0.15) is 0 Å². The second-order valence-electron chi connectivity index (χ2n) is 17.5. The lowest BCUT2D eigenvalue weighted by atomic mass is 9.33. The number of carbonyl (C=O) groups is 2. The van der Waals surface area contributed by atoms with Gasteiger partial charge in [0.05, 0.1) is 5.41 Å². The van der Waals surface area contributed by atoms with E-state index < -0.39 is 11.4 Å². The average Bonchev–Trinajstić information content (AvgIpc) is 2.95. The number of hydrogen-bond acceptors (Lipinski definition) is 5. The van der Waals surface area contributed by atoms with Crippen molar-refractivity contribution < 1.29 is 29.6 Å². The molecule has 0 aromatic heterocycles. The van der Waals surface area contributed by atoms with Crippen LogP contribution in [0.5, 0.6) is 11.5 Å². The van der Waals surface area contributed by atoms with Crippen molar-refractivity contribution in [1.82, 2.24) is 0 Å². The molecule has 4 saturated carbocycles. The minimum absolute atomic E-state index is 0.0121. The predicted molar refractivity (Wildman–Crippen MR) is 175 cm³/mol. The molecular weight excluding hydrogens is 564 g/mol. The number of allylic oxidation sites excluding steroid dienone is 2. The van der Waals surface area contributed by atoms with Crippen LogP contribution >= 0.6 is 0 Å². The molecule has 0 unspecified atom stereocenters. The Hall–Kier alpha value is -2.76. The van der Waals surface area contributed by atoms with Crippen LogP contribution in [0.3, 0.4) is 0 Å². The van der Waals surface area contributed by atoms with E-state index in [1.807, 2.05) is 0 Å². The fraction of sp³-hybridized carbons (Fsp3) is 0.692. The number of phenolic OH excluding ortho intramolecular Hbond substituents is 2. The van der Waals surface area contributed by atoms with E-state index in [1.165, 1.54) is 23.8 Å². The first-order chi connectivity index (χ1) is 20.9. The van der Waals surface area contributed by atoms with E-state index in [-0.39, 0.29) is 56.6 Å². The Morgan fingerprint density at radius 2 is 1.58 bits per heavy atom. The van der Waals surface area contributed by atoms with Crippen LogP contribution in [0.1, 0.15) is 118 Å². The molecule has 3 N–H and O–H groups in total. The van der Waals surface area contributed by atoms with E-state index in [2.05, 4.69) is 54.5 Å². The third-order valence-corrected chi connectivity index (χ3v) is 14.7. The quantitative estimate of drug-likeness (QED) is 0.135. The molecule has 6 rings (SSSR count). The fourth-order valence-electron chi connectivity index (χ4n) is 11.8. The lowest BCUT2D eigenvalue weighted by Crippen LogP contribution is -2.65. The minimum atomic E-state index is -0.619. The predicted octanol–water partition coefficient (Wildman–Crippen LogP) is 8.91. The van der Waals surface area contributed by atoms with Crippen LogP contribution in [0.4, 0.5) is 0 Å². The fourth-order valence-corrected chi connectivity index (χ4v) is 11.8. The van der Waals surface area contributed by atoms with E-state index >= 15 is 0 Å². The smallest absolute Gasteiger partial charge is 0.331 e. The van der Waals surface area contributed by atoms with Crippen molar-refractivity contribution in [1.29, 1.82) is 0 Å². The lowest BCUT2D eigenvalue weighted by Gasteiger charge is -2.71. The van der Waals surface area contributed by atoms with Crippen molar-refractivity contribution in [3.05, 3.63) is 41.5 Å². The first kappa shape index (κ1) is 32.2. The zero-order valence-electron chi connectivity index (χ0n) is 28.4. The number of phenols is 2. The first-order valence-electron chi connectivity index (χ1n) is 17.2. The molecule has 0 amide bonds. The summed E-state index contributed by atoms with van der Waals surface area (Å²) in [7, 11) is 0. The summed E-state index contributed by atoms with van der Waals surface area (Å²) in [4.78, 5) is 25.9. The van der Waals surface area contributed by atoms with Crippen LogP contribution in [0.2, 0.25) is 0 Å². The number of fused-ring (bicyclic) bond motifs is 7. The van der Waals surface area contributed by atoms with Gasteiger partial charge in [0.2, 0.25) is 0 Å². The van der Waals surface area contributed by atoms with Gasteiger partial charge in [-0.3, -0.25) is 4.79 Å². The standard InChI is InChI=1S/C39H54O6/c1-34(2)18-20-39(33(43)44)21-19-37(6)25(26(39)23-34)10-12-30-36(5)16-15-31(35(3,4)29(36)14-17-38(30,37)7)45-32(42)13-9-24-8-11-27(40)28(41)22-24/h8-11,13,22,26,29-31,40-41H,12,14-21,23H2,1-7H3,(H,43,44)/t26-,29+,30-,31+,36+,37-,38-,39+/m1/s1. The SMILES string of the molecule is CC1(C)CC[C@]2(C(=O)O)CC[C@]3(C)C(=CC[C@@H]4[C@@]5(C)CC[C@H](OC(=O)C=Cc6ccc(O)c(O)c6)C(C)(C)[C@@H]5CC[C@]43C)[C@H]2C1. The first-order valence-corrected chi connectivity index (χ1v) is 17.2. The Labute approximate surface area is 269 Å². The highest BCUT2D eigenvalue weighted by Crippen LogP contribution is 2.75. The van der Waals surface area contributed by atoms with Gasteiger partial charge in [0.15, 0.2) is 11.5 Å². The molecular formula is C39H54O6. The van der Waals surface area contributed by atoms with Crippen LogP contribution < -0.4 is 0 Å². The maximum absolute atomic E-state index is 13.0. The van der Waals surface area contributed by atoms with Crippen LogP contribution in [0, 0.1) is 50.2 Å². The third kappa shape index (κ3) is 4.70. The van der Waals surface area contributed by atoms with E-state index in [0.29, 0.717) is 17.4 Å². The molecule has 6 nitrogen and oxygen atoms in total. The molecule has 5 aliphatic rings. The minimum Gasteiger partial charge on any atom is -0.504 e. The number of esters is 1. The third-order valence-electron chi connectivity index (χ3n) is 14.7. The number of aliphatic carboxylic acids is 1. The molecule has 6 heteroatoms. The monoisotopic (exact) mass is 618 g/mol. The van der Waals surface area contributed by atoms with Gasteiger partial charge in [0, 0.05) is 11.5 Å². The number of hydrogen-bond donors (Lipinski definition) is 3. The van der Waals surface area contributed by atoms with Crippen molar-refractivity contribution in [2.24, 2.45) is 50.2 Å². The maximum atomic E-state index is 13.0. The van der Waals surface area contributed by atoms with Crippen LogP contribution in [0.15, 0.2) is 35.9 Å². The molecule has 246 valence electrons. The molecule has 0 saturated heterocycles. The van der Waals surface area contributed by atoms with E-state index in [1.54, 1.807) is 12.1 Å². The van der Waals surface area contributed by atoms with Crippen molar-refractivity contribution in [3.8, 4) is 11.5 Å². The summed E-state index contributed by atoms with van der Waals surface area (Å²) in [6.45, 7) is 16.8. The summed E-state index contributed by atoms with van der Waals surface area (Å²) in [6.07, 6.45) is 14.8. The molecule has 1 aromatic rings. The summed E-state index contributed by atoms with van der Waals surface area (Å²) in [5.74, 6) is -0.379. The zero-order valence-corrected chi connectivity index (χ0v) is 28.4. The Balaban J connectivity index is 1.25. The van der Waals surface area contributed by atoms with Gasteiger partial charge in [-0.15, -0.1) is 0 Å². The normalized spacial score (nSPS) is 41.5. The highest BCUT2D eigenvalue weighted by atomic mass is 16.5. The average molecular weight is 619 g/mol. The highest BCUT2D eigenvalue weighted by molar-refractivity contribution is 5.87. The second-order valence-corrected chi connectivity index (χ2v) is 17.5. The van der Waals surface area contributed by atoms with Crippen LogP contribution in [-0.2, 0) is 14.3 Å². The Kier molecular flexibility index (Phi) is 7.42. The van der Waals surface area contributed by atoms with Gasteiger partial charge in [0.25, 0.3) is 0 Å². The lowest BCUT2D eigenvalue weighted by molar-refractivity contribution is -0.212. The summed E-state index contributed by atoms with van der Waals surface area (Å²) < 4.78 is 6.15. The maximum Gasteiger partial charge on any atom is 0.331 e. The number of carbonyl (C=O) groups excluding carboxylic acids is 1. The van der Waals surface area contributed by atoms with Gasteiger partial charge in [-0.1, -0.05) is 66.2 Å². The van der Waals surface area contributed by atoms with Gasteiger partial charge < -0.3 is 20.1 Å². The van der Waals surface area contributed by atoms with Crippen LogP contribution in [-0.4, -0.2) is 33.4 Å². The number of rotatable bonds is 4. The van der Waals surface area contributed by atoms with Gasteiger partial charge in [-0.05, 0) is 127 Å². The zero-order chi connectivity index (χ0) is 32.8. The number of carboxylic acid groups (broad SMARTS) is 1. The van der Waals surface area contributed by atoms with Crippen LogP contribution in [0.25, 0.3) is 6.08 Å². The molecule has 0 aliphatic heterocycles. The Morgan fingerprint density at radius 1 is 0.867 bits per heavy atom. The Bertz CT molecular complexity index is 1450.